The second kappa shape index (κ2) is 6.79. The number of anilines is 1. The number of amides is 1. The van der Waals surface area contributed by atoms with Gasteiger partial charge >= 0.3 is 0 Å². The van der Waals surface area contributed by atoms with E-state index in [4.69, 9.17) is 4.74 Å². The van der Waals surface area contributed by atoms with Crippen molar-refractivity contribution in [1.82, 2.24) is 10.2 Å². The highest BCUT2D eigenvalue weighted by atomic mass is 16.5. The average Bonchev–Trinajstić information content (AvgIpc) is 3.06. The highest BCUT2D eigenvalue weighted by Gasteiger charge is 2.08. The van der Waals surface area contributed by atoms with Crippen LogP contribution < -0.4 is 10.1 Å². The first-order valence-corrected chi connectivity index (χ1v) is 7.30. The summed E-state index contributed by atoms with van der Waals surface area (Å²) in [5, 5.41) is 9.22. The second-order valence-electron chi connectivity index (χ2n) is 5.23. The van der Waals surface area contributed by atoms with Crippen LogP contribution in [0.4, 0.5) is 5.82 Å². The third kappa shape index (κ3) is 3.97. The van der Waals surface area contributed by atoms with Crippen LogP contribution in [-0.4, -0.2) is 16.1 Å². The van der Waals surface area contributed by atoms with Gasteiger partial charge in [-0.15, -0.1) is 0 Å². The number of aromatic nitrogens is 2. The van der Waals surface area contributed by atoms with Crippen molar-refractivity contribution in [1.29, 1.82) is 0 Å². The van der Waals surface area contributed by atoms with Gasteiger partial charge in [-0.25, -0.2) is 0 Å². The topological polar surface area (TPSA) is 67.0 Å². The number of hydrogen-bond acceptors (Lipinski definition) is 3. The molecule has 0 radical (unpaired) electrons. The van der Waals surface area contributed by atoms with Gasteiger partial charge in [0.05, 0.1) is 6.20 Å². The van der Waals surface area contributed by atoms with Crippen LogP contribution in [0.2, 0.25) is 0 Å². The number of aromatic amines is 1. The summed E-state index contributed by atoms with van der Waals surface area (Å²) in [6.07, 6.45) is 1.58. The van der Waals surface area contributed by atoms with E-state index in [1.165, 1.54) is 5.56 Å². The first kappa shape index (κ1) is 14.8. The van der Waals surface area contributed by atoms with Crippen molar-refractivity contribution in [3.05, 3.63) is 77.5 Å². The summed E-state index contributed by atoms with van der Waals surface area (Å²) in [6, 6.07) is 16.9. The fourth-order valence-electron chi connectivity index (χ4n) is 2.22. The Morgan fingerprint density at radius 1 is 1.17 bits per heavy atom. The van der Waals surface area contributed by atoms with E-state index >= 15 is 0 Å². The van der Waals surface area contributed by atoms with E-state index in [-0.39, 0.29) is 5.91 Å². The van der Waals surface area contributed by atoms with E-state index in [0.29, 0.717) is 23.7 Å². The molecule has 0 aliphatic carbocycles. The lowest BCUT2D eigenvalue weighted by Crippen LogP contribution is -2.12. The normalized spacial score (nSPS) is 10.3. The summed E-state index contributed by atoms with van der Waals surface area (Å²) < 4.78 is 5.77. The molecule has 0 atom stereocenters. The molecule has 0 unspecified atom stereocenters. The lowest BCUT2D eigenvalue weighted by atomic mass is 10.1. The minimum atomic E-state index is -0.213. The van der Waals surface area contributed by atoms with E-state index in [1.807, 2.05) is 31.2 Å². The van der Waals surface area contributed by atoms with E-state index < -0.39 is 0 Å². The molecule has 0 spiro atoms. The van der Waals surface area contributed by atoms with Gasteiger partial charge in [-0.1, -0.05) is 35.9 Å². The number of benzene rings is 2. The highest BCUT2D eigenvalue weighted by Crippen LogP contribution is 2.16. The third-order valence-corrected chi connectivity index (χ3v) is 3.33. The van der Waals surface area contributed by atoms with Crippen LogP contribution in [0.3, 0.4) is 0 Å². The monoisotopic (exact) mass is 307 g/mol. The molecule has 2 aromatic carbocycles. The molecule has 0 aliphatic rings. The maximum atomic E-state index is 12.2. The Morgan fingerprint density at radius 2 is 2.04 bits per heavy atom. The minimum absolute atomic E-state index is 0.213. The lowest BCUT2D eigenvalue weighted by Gasteiger charge is -2.09. The Kier molecular flexibility index (Phi) is 4.38. The molecule has 0 fully saturated rings. The molecule has 3 rings (SSSR count). The quantitative estimate of drug-likeness (QED) is 0.757. The number of aryl methyl sites for hydroxylation is 1. The zero-order valence-electron chi connectivity index (χ0n) is 12.7. The summed E-state index contributed by atoms with van der Waals surface area (Å²) in [7, 11) is 0. The Balaban J connectivity index is 1.66. The molecule has 0 saturated heterocycles. The van der Waals surface area contributed by atoms with Crippen LogP contribution in [-0.2, 0) is 6.61 Å². The molecule has 0 bridgehead atoms. The fraction of sp³-hybridized carbons (Fsp3) is 0.111. The number of H-pyrrole nitrogens is 1. The molecule has 5 heteroatoms. The Bertz CT molecular complexity index is 798. The van der Waals surface area contributed by atoms with E-state index in [2.05, 4.69) is 21.6 Å². The number of hydrogen-bond donors (Lipinski definition) is 2. The van der Waals surface area contributed by atoms with Gasteiger partial charge in [0.25, 0.3) is 5.91 Å². The van der Waals surface area contributed by atoms with Crippen molar-refractivity contribution in [2.45, 2.75) is 13.5 Å². The fourth-order valence-corrected chi connectivity index (χ4v) is 2.22. The number of rotatable bonds is 5. The molecule has 1 heterocycles. The van der Waals surface area contributed by atoms with Crippen LogP contribution in [0.5, 0.6) is 5.75 Å². The zero-order valence-corrected chi connectivity index (χ0v) is 12.7. The van der Waals surface area contributed by atoms with Gasteiger partial charge in [-0.3, -0.25) is 9.89 Å². The minimum Gasteiger partial charge on any atom is -0.489 e. The summed E-state index contributed by atoms with van der Waals surface area (Å²) in [5.74, 6) is 1.00. The summed E-state index contributed by atoms with van der Waals surface area (Å²) in [5.41, 5.74) is 2.82. The van der Waals surface area contributed by atoms with Gasteiger partial charge in [0.1, 0.15) is 18.2 Å². The molecular weight excluding hydrogens is 290 g/mol. The van der Waals surface area contributed by atoms with Crippen molar-refractivity contribution in [3.63, 3.8) is 0 Å². The van der Waals surface area contributed by atoms with E-state index in [9.17, 15) is 4.79 Å². The molecule has 3 aromatic rings. The van der Waals surface area contributed by atoms with Crippen LogP contribution in [0.1, 0.15) is 21.5 Å². The maximum absolute atomic E-state index is 12.2. The zero-order chi connectivity index (χ0) is 16.1. The Labute approximate surface area is 134 Å². The van der Waals surface area contributed by atoms with E-state index in [0.717, 1.165) is 5.56 Å². The Hall–Kier alpha value is -3.08. The predicted molar refractivity (Wildman–Crippen MR) is 88.5 cm³/mol. The molecular formula is C18H17N3O2. The number of nitrogens with one attached hydrogen (secondary N) is 2. The van der Waals surface area contributed by atoms with Crippen molar-refractivity contribution in [2.75, 3.05) is 5.32 Å². The van der Waals surface area contributed by atoms with Crippen LogP contribution in [0.15, 0.2) is 60.8 Å². The Morgan fingerprint density at radius 3 is 2.83 bits per heavy atom. The number of ether oxygens (including phenoxy) is 1. The van der Waals surface area contributed by atoms with Crippen LogP contribution in [0.25, 0.3) is 0 Å². The molecule has 2 N–H and O–H groups in total. The molecule has 0 saturated carbocycles. The third-order valence-electron chi connectivity index (χ3n) is 3.33. The van der Waals surface area contributed by atoms with Gasteiger partial charge in [-0.05, 0) is 30.7 Å². The van der Waals surface area contributed by atoms with Crippen LogP contribution >= 0.6 is 0 Å². The standard InChI is InChI=1S/C18H17N3O2/c1-13-4-2-5-14(10-13)12-23-16-7-3-6-15(11-16)18(22)20-17-8-9-19-21-17/h2-11H,12H2,1H3,(H2,19,20,21,22). The summed E-state index contributed by atoms with van der Waals surface area (Å²) >= 11 is 0. The predicted octanol–water partition coefficient (Wildman–Crippen LogP) is 3.55. The lowest BCUT2D eigenvalue weighted by molar-refractivity contribution is 0.102. The maximum Gasteiger partial charge on any atom is 0.256 e. The number of carbonyl (C=O) groups excluding carboxylic acids is 1. The second-order valence-corrected chi connectivity index (χ2v) is 5.23. The molecule has 0 aliphatic heterocycles. The molecule has 116 valence electrons. The van der Waals surface area contributed by atoms with Gasteiger partial charge in [0, 0.05) is 11.6 Å². The highest BCUT2D eigenvalue weighted by molar-refractivity contribution is 6.03. The van der Waals surface area contributed by atoms with Crippen molar-refractivity contribution in [3.8, 4) is 5.75 Å². The average molecular weight is 307 g/mol. The van der Waals surface area contributed by atoms with Crippen molar-refractivity contribution >= 4 is 11.7 Å². The van der Waals surface area contributed by atoms with Gasteiger partial charge < -0.3 is 10.1 Å². The van der Waals surface area contributed by atoms with Gasteiger partial charge in [0.2, 0.25) is 0 Å². The summed E-state index contributed by atoms with van der Waals surface area (Å²) in [4.78, 5) is 12.2. The first-order chi connectivity index (χ1) is 11.2. The van der Waals surface area contributed by atoms with E-state index in [1.54, 1.807) is 30.5 Å². The molecule has 1 aromatic heterocycles. The number of nitrogens with zero attached hydrogens (tertiary/aromatic N) is 1. The van der Waals surface area contributed by atoms with Gasteiger partial charge in [0.15, 0.2) is 0 Å². The SMILES string of the molecule is Cc1cccc(COc2cccc(C(=O)Nc3ccn[nH]3)c2)c1. The van der Waals surface area contributed by atoms with Crippen molar-refractivity contribution < 1.29 is 9.53 Å². The first-order valence-electron chi connectivity index (χ1n) is 7.30. The molecule has 1 amide bonds. The van der Waals surface area contributed by atoms with Gasteiger partial charge in [-0.2, -0.15) is 5.10 Å². The van der Waals surface area contributed by atoms with Crippen LogP contribution in [0, 0.1) is 6.92 Å². The molecule has 23 heavy (non-hydrogen) atoms. The number of carbonyl (C=O) groups is 1. The molecule has 5 nitrogen and oxygen atoms in total. The van der Waals surface area contributed by atoms with Crippen molar-refractivity contribution in [2.24, 2.45) is 0 Å². The largest absolute Gasteiger partial charge is 0.489 e. The summed E-state index contributed by atoms with van der Waals surface area (Å²) in [6.45, 7) is 2.51. The smallest absolute Gasteiger partial charge is 0.256 e.